The lowest BCUT2D eigenvalue weighted by Crippen LogP contribution is -2.40. The van der Waals surface area contributed by atoms with Crippen molar-refractivity contribution in [3.8, 4) is 0 Å². The number of piperidine rings is 1. The number of benzene rings is 1. The Morgan fingerprint density at radius 1 is 1.35 bits per heavy atom. The van der Waals surface area contributed by atoms with Crippen molar-refractivity contribution in [3.63, 3.8) is 0 Å². The molecule has 1 heterocycles. The molecular formula is C12H16FN3O. The number of hydrogen-bond donors (Lipinski definition) is 2. The maximum Gasteiger partial charge on any atom is 0.250 e. The molecule has 1 fully saturated rings. The lowest BCUT2D eigenvalue weighted by atomic mass is 10.0. The summed E-state index contributed by atoms with van der Waals surface area (Å²) >= 11 is 0. The van der Waals surface area contributed by atoms with Gasteiger partial charge in [0.25, 0.3) is 5.91 Å². The lowest BCUT2D eigenvalue weighted by Gasteiger charge is -2.32. The molecule has 5 heteroatoms. The lowest BCUT2D eigenvalue weighted by molar-refractivity contribution is 0.1000. The minimum Gasteiger partial charge on any atom is -0.371 e. The van der Waals surface area contributed by atoms with E-state index in [9.17, 15) is 9.18 Å². The molecule has 4 N–H and O–H groups in total. The highest BCUT2D eigenvalue weighted by atomic mass is 19.1. The van der Waals surface area contributed by atoms with Gasteiger partial charge in [-0.15, -0.1) is 0 Å². The van der Waals surface area contributed by atoms with Gasteiger partial charge in [-0.1, -0.05) is 0 Å². The molecule has 0 unspecified atom stereocenters. The maximum absolute atomic E-state index is 13.1. The summed E-state index contributed by atoms with van der Waals surface area (Å²) in [5.74, 6) is -1.05. The SMILES string of the molecule is NC(=O)c1cc(F)ccc1N1CCC(N)CC1. The molecule has 0 bridgehead atoms. The molecule has 1 aromatic carbocycles. The van der Waals surface area contributed by atoms with Gasteiger partial charge in [0.2, 0.25) is 0 Å². The Balaban J connectivity index is 2.28. The molecule has 17 heavy (non-hydrogen) atoms. The maximum atomic E-state index is 13.1. The molecule has 0 aliphatic carbocycles. The molecule has 1 aliphatic heterocycles. The zero-order valence-corrected chi connectivity index (χ0v) is 9.53. The largest absolute Gasteiger partial charge is 0.371 e. The first-order valence-corrected chi connectivity index (χ1v) is 5.68. The van der Waals surface area contributed by atoms with E-state index in [0.717, 1.165) is 25.9 Å². The number of anilines is 1. The summed E-state index contributed by atoms with van der Waals surface area (Å²) in [6.07, 6.45) is 1.74. The van der Waals surface area contributed by atoms with Crippen LogP contribution in [0, 0.1) is 5.82 Å². The van der Waals surface area contributed by atoms with Crippen LogP contribution in [0.5, 0.6) is 0 Å². The van der Waals surface area contributed by atoms with E-state index in [4.69, 9.17) is 11.5 Å². The van der Waals surface area contributed by atoms with Crippen LogP contribution in [0.4, 0.5) is 10.1 Å². The first kappa shape index (κ1) is 11.9. The second kappa shape index (κ2) is 4.71. The molecule has 1 aromatic rings. The summed E-state index contributed by atoms with van der Waals surface area (Å²) in [4.78, 5) is 13.3. The fourth-order valence-corrected chi connectivity index (χ4v) is 2.12. The van der Waals surface area contributed by atoms with Gasteiger partial charge in [0.1, 0.15) is 5.82 Å². The molecule has 0 saturated carbocycles. The van der Waals surface area contributed by atoms with E-state index in [1.165, 1.54) is 12.1 Å². The molecule has 0 aromatic heterocycles. The molecule has 1 amide bonds. The van der Waals surface area contributed by atoms with Crippen LogP contribution >= 0.6 is 0 Å². The Hall–Kier alpha value is -1.62. The smallest absolute Gasteiger partial charge is 0.250 e. The van der Waals surface area contributed by atoms with Gasteiger partial charge in [-0.25, -0.2) is 4.39 Å². The summed E-state index contributed by atoms with van der Waals surface area (Å²) in [7, 11) is 0. The topological polar surface area (TPSA) is 72.4 Å². The van der Waals surface area contributed by atoms with Crippen molar-refractivity contribution in [3.05, 3.63) is 29.6 Å². The molecule has 0 atom stereocenters. The van der Waals surface area contributed by atoms with Crippen molar-refractivity contribution >= 4 is 11.6 Å². The van der Waals surface area contributed by atoms with Gasteiger partial charge in [-0.2, -0.15) is 0 Å². The van der Waals surface area contributed by atoms with E-state index >= 15 is 0 Å². The molecular weight excluding hydrogens is 221 g/mol. The highest BCUT2D eigenvalue weighted by Crippen LogP contribution is 2.24. The monoisotopic (exact) mass is 237 g/mol. The van der Waals surface area contributed by atoms with Crippen molar-refractivity contribution < 1.29 is 9.18 Å². The van der Waals surface area contributed by atoms with Crippen LogP contribution in [0.15, 0.2) is 18.2 Å². The molecule has 0 radical (unpaired) electrons. The zero-order chi connectivity index (χ0) is 12.4. The average Bonchev–Trinajstić information content (AvgIpc) is 2.30. The van der Waals surface area contributed by atoms with Gasteiger partial charge in [-0.3, -0.25) is 4.79 Å². The Bertz CT molecular complexity index is 428. The quantitative estimate of drug-likeness (QED) is 0.801. The minimum atomic E-state index is -0.602. The van der Waals surface area contributed by atoms with E-state index in [2.05, 4.69) is 0 Å². The van der Waals surface area contributed by atoms with Gasteiger partial charge in [-0.05, 0) is 31.0 Å². The van der Waals surface area contributed by atoms with Crippen LogP contribution in [0.25, 0.3) is 0 Å². The Labute approximate surface area is 99.4 Å². The third-order valence-corrected chi connectivity index (χ3v) is 3.10. The normalized spacial score (nSPS) is 17.2. The van der Waals surface area contributed by atoms with Crippen LogP contribution in [0.3, 0.4) is 0 Å². The summed E-state index contributed by atoms with van der Waals surface area (Å²) in [6, 6.07) is 4.35. The molecule has 1 aliphatic rings. The van der Waals surface area contributed by atoms with Gasteiger partial charge in [0, 0.05) is 24.8 Å². The Morgan fingerprint density at radius 2 is 2.00 bits per heavy atom. The van der Waals surface area contributed by atoms with Gasteiger partial charge < -0.3 is 16.4 Å². The number of nitrogens with two attached hydrogens (primary N) is 2. The summed E-state index contributed by atoms with van der Waals surface area (Å²) in [5, 5.41) is 0. The van der Waals surface area contributed by atoms with Crippen molar-refractivity contribution in [2.45, 2.75) is 18.9 Å². The van der Waals surface area contributed by atoms with E-state index in [0.29, 0.717) is 5.69 Å². The number of primary amides is 1. The standard InChI is InChI=1S/C12H16FN3O/c13-8-1-2-11(10(7-8)12(15)17)16-5-3-9(14)4-6-16/h1-2,7,9H,3-6,14H2,(H2,15,17). The first-order valence-electron chi connectivity index (χ1n) is 5.68. The number of carbonyl (C=O) groups is 1. The predicted molar refractivity (Wildman–Crippen MR) is 64.3 cm³/mol. The number of carbonyl (C=O) groups excluding carboxylic acids is 1. The number of nitrogens with zero attached hydrogens (tertiary/aromatic N) is 1. The predicted octanol–water partition coefficient (Wildman–Crippen LogP) is 0.852. The molecule has 2 rings (SSSR count). The van der Waals surface area contributed by atoms with Crippen molar-refractivity contribution in [2.24, 2.45) is 11.5 Å². The van der Waals surface area contributed by atoms with Crippen LogP contribution in [0.2, 0.25) is 0 Å². The highest BCUT2D eigenvalue weighted by Gasteiger charge is 2.20. The van der Waals surface area contributed by atoms with Crippen molar-refractivity contribution in [2.75, 3.05) is 18.0 Å². The van der Waals surface area contributed by atoms with Crippen molar-refractivity contribution in [1.29, 1.82) is 0 Å². The second-order valence-corrected chi connectivity index (χ2v) is 4.35. The fraction of sp³-hybridized carbons (Fsp3) is 0.417. The summed E-state index contributed by atoms with van der Waals surface area (Å²) < 4.78 is 13.1. The van der Waals surface area contributed by atoms with E-state index in [-0.39, 0.29) is 11.6 Å². The third-order valence-electron chi connectivity index (χ3n) is 3.10. The number of rotatable bonds is 2. The second-order valence-electron chi connectivity index (χ2n) is 4.35. The first-order chi connectivity index (χ1) is 8.08. The summed E-state index contributed by atoms with van der Waals surface area (Å²) in [6.45, 7) is 1.54. The summed E-state index contributed by atoms with van der Waals surface area (Å²) in [5.41, 5.74) is 12.0. The highest BCUT2D eigenvalue weighted by molar-refractivity contribution is 5.98. The fourth-order valence-electron chi connectivity index (χ4n) is 2.12. The molecule has 92 valence electrons. The van der Waals surface area contributed by atoms with Crippen LogP contribution in [-0.4, -0.2) is 25.0 Å². The van der Waals surface area contributed by atoms with Gasteiger partial charge >= 0.3 is 0 Å². The zero-order valence-electron chi connectivity index (χ0n) is 9.53. The molecule has 1 saturated heterocycles. The van der Waals surface area contributed by atoms with Gasteiger partial charge in [0.15, 0.2) is 0 Å². The molecule has 4 nitrogen and oxygen atoms in total. The Kier molecular flexibility index (Phi) is 3.28. The van der Waals surface area contributed by atoms with Crippen LogP contribution < -0.4 is 16.4 Å². The number of halogens is 1. The molecule has 0 spiro atoms. The van der Waals surface area contributed by atoms with Crippen LogP contribution in [-0.2, 0) is 0 Å². The van der Waals surface area contributed by atoms with Gasteiger partial charge in [0.05, 0.1) is 5.56 Å². The van der Waals surface area contributed by atoms with E-state index < -0.39 is 11.7 Å². The third kappa shape index (κ3) is 2.55. The average molecular weight is 237 g/mol. The Morgan fingerprint density at radius 3 is 2.59 bits per heavy atom. The number of hydrogen-bond acceptors (Lipinski definition) is 3. The van der Waals surface area contributed by atoms with Crippen LogP contribution in [0.1, 0.15) is 23.2 Å². The number of amides is 1. The van der Waals surface area contributed by atoms with E-state index in [1.54, 1.807) is 6.07 Å². The van der Waals surface area contributed by atoms with E-state index in [1.807, 2.05) is 4.90 Å². The minimum absolute atomic E-state index is 0.212. The van der Waals surface area contributed by atoms with Crippen molar-refractivity contribution in [1.82, 2.24) is 0 Å².